The van der Waals surface area contributed by atoms with E-state index in [1.807, 2.05) is 18.2 Å². The second kappa shape index (κ2) is 7.90. The van der Waals surface area contributed by atoms with Crippen LogP contribution in [0.3, 0.4) is 0 Å². The molecule has 0 aromatic heterocycles. The van der Waals surface area contributed by atoms with Crippen LogP contribution in [-0.4, -0.2) is 55.8 Å². The zero-order valence-corrected chi connectivity index (χ0v) is 14.1. The summed E-state index contributed by atoms with van der Waals surface area (Å²) in [6.07, 6.45) is 0.651. The van der Waals surface area contributed by atoms with Crippen molar-refractivity contribution in [1.29, 1.82) is 0 Å². The maximum absolute atomic E-state index is 12.3. The number of nitrogens with one attached hydrogen (secondary N) is 1. The Morgan fingerprint density at radius 3 is 2.48 bits per heavy atom. The predicted molar refractivity (Wildman–Crippen MR) is 88.5 cm³/mol. The number of aliphatic hydroxyl groups excluding tert-OH is 1. The van der Waals surface area contributed by atoms with Crippen LogP contribution in [0.2, 0.25) is 0 Å². The van der Waals surface area contributed by atoms with E-state index >= 15 is 0 Å². The van der Waals surface area contributed by atoms with Gasteiger partial charge in [-0.3, -0.25) is 4.79 Å². The van der Waals surface area contributed by atoms with Crippen LogP contribution >= 0.6 is 0 Å². The molecular formula is C16H24N2O4S. The van der Waals surface area contributed by atoms with E-state index in [-0.39, 0.29) is 24.1 Å². The fourth-order valence-corrected chi connectivity index (χ4v) is 4.25. The molecule has 0 spiro atoms. The molecule has 1 fully saturated rings. The van der Waals surface area contributed by atoms with Gasteiger partial charge in [0.2, 0.25) is 10.0 Å². The summed E-state index contributed by atoms with van der Waals surface area (Å²) in [5.41, 5.74) is 0.664. The van der Waals surface area contributed by atoms with Gasteiger partial charge < -0.3 is 10.0 Å². The van der Waals surface area contributed by atoms with Crippen molar-refractivity contribution in [2.45, 2.75) is 25.9 Å². The fourth-order valence-electron chi connectivity index (χ4n) is 2.68. The van der Waals surface area contributed by atoms with E-state index in [1.165, 1.54) is 6.92 Å². The van der Waals surface area contributed by atoms with Crippen LogP contribution in [0.15, 0.2) is 30.3 Å². The summed E-state index contributed by atoms with van der Waals surface area (Å²) < 4.78 is 26.3. The number of carbonyl (C=O) groups excluding carboxylic acids is 1. The molecule has 2 rings (SSSR count). The zero-order valence-electron chi connectivity index (χ0n) is 13.3. The van der Waals surface area contributed by atoms with Crippen molar-refractivity contribution in [2.24, 2.45) is 5.92 Å². The van der Waals surface area contributed by atoms with Crippen molar-refractivity contribution in [3.8, 4) is 0 Å². The fraction of sp³-hybridized carbons (Fsp3) is 0.562. The van der Waals surface area contributed by atoms with Crippen molar-refractivity contribution < 1.29 is 18.3 Å². The van der Waals surface area contributed by atoms with E-state index in [4.69, 9.17) is 5.11 Å². The molecule has 1 unspecified atom stereocenters. The summed E-state index contributed by atoms with van der Waals surface area (Å²) in [6.45, 7) is 2.72. The minimum Gasteiger partial charge on any atom is -0.392 e. The smallest absolute Gasteiger partial charge is 0.253 e. The second-order valence-corrected chi connectivity index (χ2v) is 7.93. The Labute approximate surface area is 137 Å². The van der Waals surface area contributed by atoms with Gasteiger partial charge in [0, 0.05) is 25.2 Å². The standard InChI is InChI=1S/C16H24N2O4S/c1-13(19)11-17-23(21,22)12-14-7-9-18(10-8-14)16(20)15-5-3-2-4-6-15/h2-6,13-14,17,19H,7-12H2,1H3. The number of aliphatic hydroxyl groups is 1. The largest absolute Gasteiger partial charge is 0.392 e. The first-order valence-electron chi connectivity index (χ1n) is 7.87. The van der Waals surface area contributed by atoms with Crippen LogP contribution in [0.4, 0.5) is 0 Å². The molecule has 0 saturated carbocycles. The van der Waals surface area contributed by atoms with E-state index in [2.05, 4.69) is 4.72 Å². The molecule has 1 aromatic rings. The quantitative estimate of drug-likeness (QED) is 0.803. The number of nitrogens with zero attached hydrogens (tertiary/aromatic N) is 1. The molecule has 6 nitrogen and oxygen atoms in total. The highest BCUT2D eigenvalue weighted by molar-refractivity contribution is 7.89. The number of benzene rings is 1. The van der Waals surface area contributed by atoms with Crippen LogP contribution in [0, 0.1) is 5.92 Å². The highest BCUT2D eigenvalue weighted by Crippen LogP contribution is 2.20. The topological polar surface area (TPSA) is 86.7 Å². The molecular weight excluding hydrogens is 316 g/mol. The van der Waals surface area contributed by atoms with Gasteiger partial charge in [0.05, 0.1) is 11.9 Å². The third-order valence-corrected chi connectivity index (χ3v) is 5.49. The Hall–Kier alpha value is -1.44. The highest BCUT2D eigenvalue weighted by atomic mass is 32.2. The number of amides is 1. The Balaban J connectivity index is 1.83. The van der Waals surface area contributed by atoms with Gasteiger partial charge in [-0.2, -0.15) is 0 Å². The van der Waals surface area contributed by atoms with Crippen molar-refractivity contribution in [3.63, 3.8) is 0 Å². The minimum absolute atomic E-state index is 0.000799. The van der Waals surface area contributed by atoms with Gasteiger partial charge in [0.15, 0.2) is 0 Å². The Morgan fingerprint density at radius 1 is 1.30 bits per heavy atom. The molecule has 0 aliphatic carbocycles. The van der Waals surface area contributed by atoms with E-state index in [9.17, 15) is 13.2 Å². The molecule has 1 amide bonds. The van der Waals surface area contributed by atoms with Gasteiger partial charge in [-0.25, -0.2) is 13.1 Å². The maximum Gasteiger partial charge on any atom is 0.253 e. The molecule has 1 aromatic carbocycles. The normalized spacial score (nSPS) is 17.9. The van der Waals surface area contributed by atoms with E-state index in [1.54, 1.807) is 17.0 Å². The first-order valence-corrected chi connectivity index (χ1v) is 9.52. The second-order valence-electron chi connectivity index (χ2n) is 6.08. The molecule has 7 heteroatoms. The lowest BCUT2D eigenvalue weighted by Gasteiger charge is -2.32. The lowest BCUT2D eigenvalue weighted by atomic mass is 9.98. The summed E-state index contributed by atoms with van der Waals surface area (Å²) in [5.74, 6) is 0.0908. The molecule has 1 heterocycles. The summed E-state index contributed by atoms with van der Waals surface area (Å²) >= 11 is 0. The van der Waals surface area contributed by atoms with E-state index in [0.29, 0.717) is 31.5 Å². The maximum atomic E-state index is 12.3. The molecule has 0 bridgehead atoms. The number of hydrogen-bond acceptors (Lipinski definition) is 4. The number of carbonyl (C=O) groups is 1. The van der Waals surface area contributed by atoms with E-state index < -0.39 is 16.1 Å². The number of hydrogen-bond donors (Lipinski definition) is 2. The summed E-state index contributed by atoms with van der Waals surface area (Å²) in [6, 6.07) is 9.12. The van der Waals surface area contributed by atoms with E-state index in [0.717, 1.165) is 0 Å². The summed E-state index contributed by atoms with van der Waals surface area (Å²) in [4.78, 5) is 14.1. The number of rotatable bonds is 6. The monoisotopic (exact) mass is 340 g/mol. The van der Waals surface area contributed by atoms with Gasteiger partial charge in [0.25, 0.3) is 5.91 Å². The molecule has 128 valence electrons. The van der Waals surface area contributed by atoms with Crippen LogP contribution in [0.5, 0.6) is 0 Å². The Morgan fingerprint density at radius 2 is 1.91 bits per heavy atom. The summed E-state index contributed by atoms with van der Waals surface area (Å²) in [7, 11) is -3.38. The Bertz CT molecular complexity index is 608. The summed E-state index contributed by atoms with van der Waals surface area (Å²) in [5, 5.41) is 9.15. The van der Waals surface area contributed by atoms with Crippen molar-refractivity contribution in [1.82, 2.24) is 9.62 Å². The zero-order chi connectivity index (χ0) is 16.9. The van der Waals surface area contributed by atoms with Crippen LogP contribution in [-0.2, 0) is 10.0 Å². The SMILES string of the molecule is CC(O)CNS(=O)(=O)CC1CCN(C(=O)c2ccccc2)CC1. The third-order valence-electron chi connectivity index (χ3n) is 3.98. The first-order chi connectivity index (χ1) is 10.9. The van der Waals surface area contributed by atoms with Gasteiger partial charge >= 0.3 is 0 Å². The van der Waals surface area contributed by atoms with Crippen LogP contribution in [0.25, 0.3) is 0 Å². The number of piperidine rings is 1. The molecule has 2 N–H and O–H groups in total. The third kappa shape index (κ3) is 5.60. The van der Waals surface area contributed by atoms with Crippen molar-refractivity contribution in [2.75, 3.05) is 25.4 Å². The van der Waals surface area contributed by atoms with Gasteiger partial charge in [-0.1, -0.05) is 18.2 Å². The molecule has 1 aliphatic rings. The number of likely N-dealkylation sites (tertiary alicyclic amines) is 1. The molecule has 1 aliphatic heterocycles. The van der Waals surface area contributed by atoms with Gasteiger partial charge in [-0.15, -0.1) is 0 Å². The van der Waals surface area contributed by atoms with Crippen LogP contribution in [0.1, 0.15) is 30.1 Å². The average molecular weight is 340 g/mol. The van der Waals surface area contributed by atoms with Crippen molar-refractivity contribution in [3.05, 3.63) is 35.9 Å². The van der Waals surface area contributed by atoms with Crippen LogP contribution < -0.4 is 4.72 Å². The first kappa shape index (κ1) is 17.9. The lowest BCUT2D eigenvalue weighted by molar-refractivity contribution is 0.0698. The lowest BCUT2D eigenvalue weighted by Crippen LogP contribution is -2.41. The minimum atomic E-state index is -3.38. The molecule has 1 atom stereocenters. The number of sulfonamides is 1. The Kier molecular flexibility index (Phi) is 6.15. The van der Waals surface area contributed by atoms with Gasteiger partial charge in [-0.05, 0) is 37.8 Å². The molecule has 1 saturated heterocycles. The highest BCUT2D eigenvalue weighted by Gasteiger charge is 2.27. The molecule has 0 radical (unpaired) electrons. The predicted octanol–water partition coefficient (Wildman–Crippen LogP) is 0.839. The average Bonchev–Trinajstić information content (AvgIpc) is 2.54. The van der Waals surface area contributed by atoms with Gasteiger partial charge in [0.1, 0.15) is 0 Å². The molecule has 23 heavy (non-hydrogen) atoms. The van der Waals surface area contributed by atoms with Crippen molar-refractivity contribution >= 4 is 15.9 Å².